The average Bonchev–Trinajstić information content (AvgIpc) is 2.90. The van der Waals surface area contributed by atoms with Crippen LogP contribution < -0.4 is 0 Å². The van der Waals surface area contributed by atoms with Crippen molar-refractivity contribution in [2.24, 2.45) is 28.6 Å². The van der Waals surface area contributed by atoms with E-state index in [1.807, 2.05) is 6.92 Å². The first-order valence-electron chi connectivity index (χ1n) is 11.1. The molecule has 0 heterocycles. The maximum Gasteiger partial charge on any atom is 0.303 e. The molecule has 0 radical (unpaired) electrons. The molecule has 0 amide bonds. The van der Waals surface area contributed by atoms with E-state index in [9.17, 15) is 19.5 Å². The van der Waals surface area contributed by atoms with E-state index in [-0.39, 0.29) is 28.8 Å². The Morgan fingerprint density at radius 1 is 1.07 bits per heavy atom. The second-order valence-corrected chi connectivity index (χ2v) is 10.8. The lowest BCUT2D eigenvalue weighted by molar-refractivity contribution is -0.190. The molecule has 4 aliphatic rings. The predicted molar refractivity (Wildman–Crippen MR) is 108 cm³/mol. The van der Waals surface area contributed by atoms with E-state index in [1.54, 1.807) is 13.0 Å². The van der Waals surface area contributed by atoms with Gasteiger partial charge in [0.05, 0.1) is 5.60 Å². The topological polar surface area (TPSA) is 80.7 Å². The van der Waals surface area contributed by atoms with Crippen LogP contribution in [0.2, 0.25) is 0 Å². The highest BCUT2D eigenvalue weighted by atomic mass is 16.6. The smallest absolute Gasteiger partial charge is 0.303 e. The molecule has 0 saturated heterocycles. The van der Waals surface area contributed by atoms with E-state index in [1.165, 1.54) is 6.92 Å². The van der Waals surface area contributed by atoms with Gasteiger partial charge in [-0.15, -0.1) is 0 Å². The summed E-state index contributed by atoms with van der Waals surface area (Å²) in [6.07, 6.45) is 6.76. The monoisotopic (exact) mass is 402 g/mol. The highest BCUT2D eigenvalue weighted by Gasteiger charge is 2.69. The van der Waals surface area contributed by atoms with Gasteiger partial charge in [0, 0.05) is 18.8 Å². The van der Waals surface area contributed by atoms with Crippen molar-refractivity contribution >= 4 is 17.5 Å². The van der Waals surface area contributed by atoms with E-state index in [2.05, 4.69) is 13.8 Å². The molecule has 0 bridgehead atoms. The molecule has 0 aromatic rings. The maximum atomic E-state index is 12.8. The number of carbonyl (C=O) groups excluding carboxylic acids is 3. The van der Waals surface area contributed by atoms with Crippen molar-refractivity contribution in [3.63, 3.8) is 0 Å². The SMILES string of the molecule is CC(=O)O[C@@]1(C(C)=O)CC[C@H]2[C@H]3CC(C)(O)C4=CC(=O)CC[C@]4(C)[C@H]3CC[C@@]21C. The van der Waals surface area contributed by atoms with Gasteiger partial charge >= 0.3 is 5.97 Å². The molecule has 5 heteroatoms. The fourth-order valence-corrected chi connectivity index (χ4v) is 8.06. The van der Waals surface area contributed by atoms with Crippen molar-refractivity contribution in [2.45, 2.75) is 90.8 Å². The second-order valence-electron chi connectivity index (χ2n) is 10.8. The Morgan fingerprint density at radius 2 is 1.72 bits per heavy atom. The van der Waals surface area contributed by atoms with Crippen LogP contribution in [-0.4, -0.2) is 33.8 Å². The minimum absolute atomic E-state index is 0.0613. The van der Waals surface area contributed by atoms with Crippen molar-refractivity contribution in [2.75, 3.05) is 0 Å². The van der Waals surface area contributed by atoms with Gasteiger partial charge in [0.25, 0.3) is 0 Å². The van der Waals surface area contributed by atoms with Crippen LogP contribution in [-0.2, 0) is 19.1 Å². The van der Waals surface area contributed by atoms with Crippen LogP contribution in [0.4, 0.5) is 0 Å². The lowest BCUT2D eigenvalue weighted by atomic mass is 9.44. The third-order valence-electron chi connectivity index (χ3n) is 9.29. The first-order chi connectivity index (χ1) is 13.4. The molecule has 4 aliphatic carbocycles. The number of ketones is 2. The zero-order valence-electron chi connectivity index (χ0n) is 18.3. The first-order valence-corrected chi connectivity index (χ1v) is 11.1. The van der Waals surface area contributed by atoms with Crippen molar-refractivity contribution in [1.29, 1.82) is 0 Å². The Morgan fingerprint density at radius 3 is 2.34 bits per heavy atom. The molecular formula is C24H34O5. The normalized spacial score (nSPS) is 48.8. The first kappa shape index (κ1) is 20.8. The minimum Gasteiger partial charge on any atom is -0.451 e. The summed E-state index contributed by atoms with van der Waals surface area (Å²) in [4.78, 5) is 36.9. The molecule has 0 aromatic heterocycles. The van der Waals surface area contributed by atoms with Crippen LogP contribution in [0.15, 0.2) is 11.6 Å². The lowest BCUT2D eigenvalue weighted by Crippen LogP contribution is -2.61. The van der Waals surface area contributed by atoms with Gasteiger partial charge in [0.15, 0.2) is 17.2 Å². The highest BCUT2D eigenvalue weighted by Crippen LogP contribution is 2.69. The summed E-state index contributed by atoms with van der Waals surface area (Å²) in [7, 11) is 0. The fraction of sp³-hybridized carbons (Fsp3) is 0.792. The summed E-state index contributed by atoms with van der Waals surface area (Å²) < 4.78 is 5.80. The Kier molecular flexibility index (Phi) is 4.48. The molecule has 3 fully saturated rings. The zero-order valence-corrected chi connectivity index (χ0v) is 18.3. The van der Waals surface area contributed by atoms with E-state index in [0.717, 1.165) is 31.3 Å². The van der Waals surface area contributed by atoms with Gasteiger partial charge in [-0.3, -0.25) is 14.4 Å². The van der Waals surface area contributed by atoms with Gasteiger partial charge in [0.1, 0.15) is 0 Å². The molecule has 3 saturated carbocycles. The number of carbonyl (C=O) groups is 3. The number of rotatable bonds is 2. The van der Waals surface area contributed by atoms with Gasteiger partial charge in [-0.1, -0.05) is 13.8 Å². The number of aliphatic hydroxyl groups is 1. The van der Waals surface area contributed by atoms with Crippen LogP contribution in [0, 0.1) is 28.6 Å². The largest absolute Gasteiger partial charge is 0.451 e. The lowest BCUT2D eigenvalue weighted by Gasteiger charge is -2.62. The number of hydrogen-bond donors (Lipinski definition) is 1. The molecule has 29 heavy (non-hydrogen) atoms. The molecule has 1 N–H and O–H groups in total. The summed E-state index contributed by atoms with van der Waals surface area (Å²) in [5.74, 6) is 0.489. The highest BCUT2D eigenvalue weighted by molar-refractivity contribution is 5.92. The van der Waals surface area contributed by atoms with E-state index < -0.39 is 22.6 Å². The third kappa shape index (κ3) is 2.65. The van der Waals surface area contributed by atoms with Crippen molar-refractivity contribution in [1.82, 2.24) is 0 Å². The van der Waals surface area contributed by atoms with Crippen LogP contribution in [0.1, 0.15) is 79.6 Å². The summed E-state index contributed by atoms with van der Waals surface area (Å²) >= 11 is 0. The number of ether oxygens (including phenoxy) is 1. The van der Waals surface area contributed by atoms with Crippen molar-refractivity contribution in [3.05, 3.63) is 11.6 Å². The summed E-state index contributed by atoms with van der Waals surface area (Å²) in [5, 5.41) is 11.4. The van der Waals surface area contributed by atoms with E-state index in [4.69, 9.17) is 4.74 Å². The quantitative estimate of drug-likeness (QED) is 0.711. The van der Waals surface area contributed by atoms with Gasteiger partial charge in [0.2, 0.25) is 0 Å². The predicted octanol–water partition coefficient (Wildman–Crippen LogP) is 3.77. The molecular weight excluding hydrogens is 368 g/mol. The zero-order chi connectivity index (χ0) is 21.4. The minimum atomic E-state index is -1.06. The molecule has 4 rings (SSSR count). The second kappa shape index (κ2) is 6.26. The Labute approximate surface area is 173 Å². The Bertz CT molecular complexity index is 810. The molecule has 0 aromatic carbocycles. The van der Waals surface area contributed by atoms with Crippen LogP contribution >= 0.6 is 0 Å². The summed E-state index contributed by atoms with van der Waals surface area (Å²) in [6.45, 7) is 9.12. The van der Waals surface area contributed by atoms with Gasteiger partial charge < -0.3 is 9.84 Å². The number of fused-ring (bicyclic) bond motifs is 5. The Balaban J connectivity index is 1.77. The van der Waals surface area contributed by atoms with Gasteiger partial charge in [-0.05, 0) is 87.2 Å². The van der Waals surface area contributed by atoms with E-state index in [0.29, 0.717) is 25.2 Å². The molecule has 1 unspecified atom stereocenters. The van der Waals surface area contributed by atoms with E-state index >= 15 is 0 Å². The van der Waals surface area contributed by atoms with Crippen LogP contribution in [0.5, 0.6) is 0 Å². The summed E-state index contributed by atoms with van der Waals surface area (Å²) in [5.41, 5.74) is -1.77. The number of esters is 1. The molecule has 7 atom stereocenters. The number of hydrogen-bond acceptors (Lipinski definition) is 5. The van der Waals surface area contributed by atoms with Gasteiger partial charge in [-0.2, -0.15) is 0 Å². The molecule has 0 spiro atoms. The van der Waals surface area contributed by atoms with Crippen molar-refractivity contribution in [3.8, 4) is 0 Å². The molecule has 160 valence electrons. The average molecular weight is 403 g/mol. The maximum absolute atomic E-state index is 12.8. The van der Waals surface area contributed by atoms with Crippen LogP contribution in [0.3, 0.4) is 0 Å². The number of Topliss-reactive ketones (excluding diaryl/α,β-unsaturated/α-hetero) is 1. The third-order valence-corrected chi connectivity index (χ3v) is 9.29. The van der Waals surface area contributed by atoms with Gasteiger partial charge in [-0.25, -0.2) is 0 Å². The van der Waals surface area contributed by atoms with Crippen LogP contribution in [0.25, 0.3) is 0 Å². The fourth-order valence-electron chi connectivity index (χ4n) is 8.06. The standard InChI is InChI=1S/C24H34O5/c1-14(25)24(29-15(2)26)11-8-19-17-13-23(5,28)20-12-16(27)6-9-21(20,3)18(17)7-10-22(19,24)4/h12,17-19,28H,6-11,13H2,1-5H3/t17-,18-,19-,21+,22-,23?,24+/m0/s1. The van der Waals surface area contributed by atoms with Crippen molar-refractivity contribution < 1.29 is 24.2 Å². The molecule has 0 aliphatic heterocycles. The summed E-state index contributed by atoms with van der Waals surface area (Å²) in [6, 6.07) is 0. The Hall–Kier alpha value is -1.49. The molecule has 5 nitrogen and oxygen atoms in total.